The molecule has 2 amide bonds. The molecule has 38 heavy (non-hydrogen) atoms. The van der Waals surface area contributed by atoms with Crippen LogP contribution in [0.4, 0.5) is 4.39 Å². The van der Waals surface area contributed by atoms with Crippen LogP contribution in [0.15, 0.2) is 60.0 Å². The molecule has 1 aromatic heterocycles. The molecule has 0 aliphatic carbocycles. The number of likely N-dealkylation sites (tertiary alicyclic amines) is 1. The van der Waals surface area contributed by atoms with E-state index in [9.17, 15) is 14.0 Å². The molecule has 0 spiro atoms. The van der Waals surface area contributed by atoms with Crippen LogP contribution in [0.25, 0.3) is 0 Å². The van der Waals surface area contributed by atoms with Crippen molar-refractivity contribution in [2.75, 3.05) is 39.3 Å². The average molecular weight is 558 g/mol. The highest BCUT2D eigenvalue weighted by atomic mass is 35.5. The van der Waals surface area contributed by atoms with Gasteiger partial charge in [0.2, 0.25) is 5.91 Å². The number of thiophene rings is 1. The molecule has 1 fully saturated rings. The van der Waals surface area contributed by atoms with Crippen LogP contribution in [-0.2, 0) is 22.7 Å². The zero-order valence-electron chi connectivity index (χ0n) is 21.6. The van der Waals surface area contributed by atoms with Gasteiger partial charge in [-0.2, -0.15) is 0 Å². The van der Waals surface area contributed by atoms with Crippen LogP contribution < -0.4 is 4.74 Å². The number of carbonyl (C=O) groups is 2. The number of nitrogens with zero attached hydrogens (tertiary/aromatic N) is 3. The van der Waals surface area contributed by atoms with Crippen molar-refractivity contribution in [1.29, 1.82) is 0 Å². The predicted octanol–water partition coefficient (Wildman–Crippen LogP) is 5.38. The van der Waals surface area contributed by atoms with E-state index in [1.807, 2.05) is 18.4 Å². The molecule has 0 radical (unpaired) electrons. The van der Waals surface area contributed by atoms with Gasteiger partial charge in [0.1, 0.15) is 11.6 Å². The minimum Gasteiger partial charge on any atom is -0.484 e. The van der Waals surface area contributed by atoms with E-state index in [1.165, 1.54) is 12.1 Å². The Balaban J connectivity index is 1.47. The Morgan fingerprint density at radius 2 is 1.68 bits per heavy atom. The van der Waals surface area contributed by atoms with Crippen molar-refractivity contribution in [3.8, 4) is 5.75 Å². The third-order valence-corrected chi connectivity index (χ3v) is 7.94. The lowest BCUT2D eigenvalue weighted by Gasteiger charge is -2.29. The molecular formula is C29H33ClFN3O3S. The number of rotatable bonds is 12. The normalized spacial score (nSPS) is 13.4. The molecular weight excluding hydrogens is 525 g/mol. The smallest absolute Gasteiger partial charge is 0.261 e. The summed E-state index contributed by atoms with van der Waals surface area (Å²) in [5.74, 6) is -0.190. The summed E-state index contributed by atoms with van der Waals surface area (Å²) in [6.45, 7) is 5.71. The van der Waals surface area contributed by atoms with Crippen molar-refractivity contribution in [1.82, 2.24) is 14.7 Å². The summed E-state index contributed by atoms with van der Waals surface area (Å²) in [6.07, 6.45) is 2.30. The Hall–Kier alpha value is -2.94. The first kappa shape index (κ1) is 28.1. The Morgan fingerprint density at radius 1 is 0.974 bits per heavy atom. The van der Waals surface area contributed by atoms with E-state index in [0.29, 0.717) is 37.0 Å². The summed E-state index contributed by atoms with van der Waals surface area (Å²) >= 11 is 7.54. The number of amides is 2. The SMILES string of the molecule is Cc1ccsc1CN(Cc1ccc(F)cc1)C(=O)CN(CCN1CCCC1)C(=O)COc1ccc(Cl)cc1. The van der Waals surface area contributed by atoms with Crippen molar-refractivity contribution >= 4 is 34.8 Å². The summed E-state index contributed by atoms with van der Waals surface area (Å²) in [5.41, 5.74) is 1.94. The van der Waals surface area contributed by atoms with Crippen molar-refractivity contribution in [2.24, 2.45) is 0 Å². The molecule has 2 heterocycles. The Kier molecular flexibility index (Phi) is 10.1. The largest absolute Gasteiger partial charge is 0.484 e. The molecule has 0 saturated carbocycles. The summed E-state index contributed by atoms with van der Waals surface area (Å²) in [5, 5.41) is 2.59. The fraction of sp³-hybridized carbons (Fsp3) is 0.379. The zero-order chi connectivity index (χ0) is 26.9. The first-order valence-corrected chi connectivity index (χ1v) is 14.1. The number of aryl methyl sites for hydroxylation is 1. The summed E-state index contributed by atoms with van der Waals surface area (Å²) in [4.78, 5) is 33.7. The van der Waals surface area contributed by atoms with Crippen LogP contribution >= 0.6 is 22.9 Å². The van der Waals surface area contributed by atoms with Crippen molar-refractivity contribution in [3.05, 3.63) is 86.8 Å². The highest BCUT2D eigenvalue weighted by Crippen LogP contribution is 2.20. The van der Waals surface area contributed by atoms with E-state index in [1.54, 1.807) is 57.5 Å². The summed E-state index contributed by atoms with van der Waals surface area (Å²) in [6, 6.07) is 15.0. The van der Waals surface area contributed by atoms with Crippen molar-refractivity contribution in [2.45, 2.75) is 32.9 Å². The third-order valence-electron chi connectivity index (χ3n) is 6.68. The van der Waals surface area contributed by atoms with E-state index in [0.717, 1.165) is 41.9 Å². The lowest BCUT2D eigenvalue weighted by Crippen LogP contribution is -2.46. The van der Waals surface area contributed by atoms with Gasteiger partial charge in [-0.05, 0) is 91.8 Å². The first-order valence-electron chi connectivity index (χ1n) is 12.8. The van der Waals surface area contributed by atoms with E-state index in [2.05, 4.69) is 4.90 Å². The molecule has 0 atom stereocenters. The molecule has 6 nitrogen and oxygen atoms in total. The Morgan fingerprint density at radius 3 is 2.34 bits per heavy atom. The van der Waals surface area contributed by atoms with Gasteiger partial charge in [-0.25, -0.2) is 4.39 Å². The fourth-order valence-corrected chi connectivity index (χ4v) is 5.42. The minimum absolute atomic E-state index is 0.0533. The monoisotopic (exact) mass is 557 g/mol. The molecule has 0 unspecified atom stereocenters. The number of hydrogen-bond donors (Lipinski definition) is 0. The highest BCUT2D eigenvalue weighted by Gasteiger charge is 2.24. The van der Waals surface area contributed by atoms with Crippen LogP contribution in [0.3, 0.4) is 0 Å². The topological polar surface area (TPSA) is 53.1 Å². The van der Waals surface area contributed by atoms with Crippen molar-refractivity contribution in [3.63, 3.8) is 0 Å². The van der Waals surface area contributed by atoms with Gasteiger partial charge in [0.15, 0.2) is 6.61 Å². The Labute approximate surface area is 232 Å². The van der Waals surface area contributed by atoms with E-state index in [-0.39, 0.29) is 30.8 Å². The quantitative estimate of drug-likeness (QED) is 0.300. The van der Waals surface area contributed by atoms with Gasteiger partial charge in [-0.3, -0.25) is 9.59 Å². The molecule has 1 aliphatic rings. The maximum Gasteiger partial charge on any atom is 0.261 e. The molecule has 3 aromatic rings. The van der Waals surface area contributed by atoms with Gasteiger partial charge in [0.05, 0.1) is 13.1 Å². The lowest BCUT2D eigenvalue weighted by atomic mass is 10.2. The summed E-state index contributed by atoms with van der Waals surface area (Å²) in [7, 11) is 0. The molecule has 9 heteroatoms. The molecule has 0 N–H and O–H groups in total. The number of carbonyl (C=O) groups excluding carboxylic acids is 2. The molecule has 1 saturated heterocycles. The standard InChI is InChI=1S/C29H33ClFN3O3S/c1-22-12-17-38-27(22)19-34(18-23-4-8-25(31)9-5-23)28(35)20-33(16-15-32-13-2-3-14-32)29(36)21-37-26-10-6-24(30)7-11-26/h4-12,17H,2-3,13-16,18-21H2,1H3. The summed E-state index contributed by atoms with van der Waals surface area (Å²) < 4.78 is 19.2. The number of ether oxygens (including phenoxy) is 1. The maximum atomic E-state index is 13.7. The lowest BCUT2D eigenvalue weighted by molar-refractivity contribution is -0.142. The number of hydrogen-bond acceptors (Lipinski definition) is 5. The zero-order valence-corrected chi connectivity index (χ0v) is 23.1. The number of halogens is 2. The van der Waals surface area contributed by atoms with E-state index >= 15 is 0 Å². The van der Waals surface area contributed by atoms with Gasteiger partial charge in [-0.15, -0.1) is 11.3 Å². The van der Waals surface area contributed by atoms with Gasteiger partial charge in [0, 0.05) is 29.5 Å². The van der Waals surface area contributed by atoms with Crippen LogP contribution in [-0.4, -0.2) is 65.8 Å². The van der Waals surface area contributed by atoms with E-state index < -0.39 is 0 Å². The second kappa shape index (κ2) is 13.7. The molecule has 202 valence electrons. The second-order valence-electron chi connectivity index (χ2n) is 9.51. The second-order valence-corrected chi connectivity index (χ2v) is 10.9. The average Bonchev–Trinajstić information content (AvgIpc) is 3.58. The molecule has 4 rings (SSSR count). The number of benzene rings is 2. The Bertz CT molecular complexity index is 1200. The van der Waals surface area contributed by atoms with Crippen LogP contribution in [0.2, 0.25) is 5.02 Å². The first-order chi connectivity index (χ1) is 18.4. The van der Waals surface area contributed by atoms with Crippen LogP contribution in [0.1, 0.15) is 28.8 Å². The molecule has 1 aliphatic heterocycles. The maximum absolute atomic E-state index is 13.7. The highest BCUT2D eigenvalue weighted by molar-refractivity contribution is 7.10. The predicted molar refractivity (Wildman–Crippen MR) is 149 cm³/mol. The van der Waals surface area contributed by atoms with Gasteiger partial charge in [-0.1, -0.05) is 23.7 Å². The van der Waals surface area contributed by atoms with E-state index in [4.69, 9.17) is 16.3 Å². The van der Waals surface area contributed by atoms with Gasteiger partial charge < -0.3 is 19.4 Å². The third kappa shape index (κ3) is 8.28. The van der Waals surface area contributed by atoms with Gasteiger partial charge >= 0.3 is 0 Å². The molecule has 0 bridgehead atoms. The minimum atomic E-state index is -0.319. The molecule has 2 aromatic carbocycles. The fourth-order valence-electron chi connectivity index (χ4n) is 4.37. The van der Waals surface area contributed by atoms with Crippen LogP contribution in [0, 0.1) is 12.7 Å². The van der Waals surface area contributed by atoms with Crippen LogP contribution in [0.5, 0.6) is 5.75 Å². The van der Waals surface area contributed by atoms with Gasteiger partial charge in [0.25, 0.3) is 5.91 Å². The van der Waals surface area contributed by atoms with Crippen molar-refractivity contribution < 1.29 is 18.7 Å².